The number of aromatic nitrogens is 3. The minimum Gasteiger partial charge on any atom is -0.297 e. The van der Waals surface area contributed by atoms with Gasteiger partial charge in [0.1, 0.15) is 4.88 Å². The Hall–Kier alpha value is -1.38. The first-order chi connectivity index (χ1) is 10.6. The third-order valence-electron chi connectivity index (χ3n) is 3.76. The highest BCUT2D eigenvalue weighted by Gasteiger charge is 2.18. The zero-order valence-corrected chi connectivity index (χ0v) is 14.3. The third-order valence-corrected chi connectivity index (χ3v) is 5.39. The van der Waals surface area contributed by atoms with Gasteiger partial charge in [0.15, 0.2) is 5.13 Å². The molecule has 3 heterocycles. The van der Waals surface area contributed by atoms with Gasteiger partial charge in [-0.25, -0.2) is 4.98 Å². The molecular formula is C14H19N5OS2. The molecule has 0 aliphatic carbocycles. The number of likely N-dealkylation sites (tertiary alicyclic amines) is 1. The summed E-state index contributed by atoms with van der Waals surface area (Å²) in [6, 6.07) is 0. The summed E-state index contributed by atoms with van der Waals surface area (Å²) in [4.78, 5) is 19.6. The molecule has 1 aliphatic heterocycles. The van der Waals surface area contributed by atoms with E-state index in [-0.39, 0.29) is 5.91 Å². The highest BCUT2D eigenvalue weighted by Crippen LogP contribution is 2.22. The van der Waals surface area contributed by atoms with E-state index in [9.17, 15) is 4.79 Å². The Morgan fingerprint density at radius 1 is 1.55 bits per heavy atom. The van der Waals surface area contributed by atoms with Crippen molar-refractivity contribution in [2.75, 3.05) is 18.4 Å². The summed E-state index contributed by atoms with van der Waals surface area (Å²) in [7, 11) is 0. The first-order valence-electron chi connectivity index (χ1n) is 7.39. The molecule has 1 N–H and O–H groups in total. The lowest BCUT2D eigenvalue weighted by atomic mass is 10.0. The lowest BCUT2D eigenvalue weighted by molar-refractivity contribution is 0.103. The van der Waals surface area contributed by atoms with E-state index in [1.807, 2.05) is 5.38 Å². The van der Waals surface area contributed by atoms with E-state index in [1.165, 1.54) is 24.2 Å². The number of piperidine rings is 1. The van der Waals surface area contributed by atoms with Crippen molar-refractivity contribution in [3.8, 4) is 0 Å². The van der Waals surface area contributed by atoms with Gasteiger partial charge in [-0.1, -0.05) is 11.4 Å². The van der Waals surface area contributed by atoms with Crippen LogP contribution in [-0.4, -0.2) is 38.5 Å². The van der Waals surface area contributed by atoms with Crippen molar-refractivity contribution in [1.29, 1.82) is 0 Å². The molecule has 1 fully saturated rings. The first-order valence-corrected chi connectivity index (χ1v) is 9.04. The SMILES string of the molecule is Cc1nnsc1C(=O)Nc1nc(CN2CCCC(C)C2)cs1. The number of aryl methyl sites for hydroxylation is 1. The van der Waals surface area contributed by atoms with Crippen molar-refractivity contribution in [1.82, 2.24) is 19.5 Å². The van der Waals surface area contributed by atoms with Gasteiger partial charge in [0.25, 0.3) is 5.91 Å². The number of nitrogens with one attached hydrogen (secondary N) is 1. The van der Waals surface area contributed by atoms with E-state index in [0.29, 0.717) is 15.7 Å². The summed E-state index contributed by atoms with van der Waals surface area (Å²) in [5, 5.41) is 9.34. The fourth-order valence-corrected chi connectivity index (χ4v) is 3.94. The lowest BCUT2D eigenvalue weighted by Crippen LogP contribution is -2.33. The van der Waals surface area contributed by atoms with Gasteiger partial charge in [0, 0.05) is 18.5 Å². The molecule has 22 heavy (non-hydrogen) atoms. The molecule has 0 aromatic carbocycles. The molecule has 3 rings (SSSR count). The first kappa shape index (κ1) is 15.5. The van der Waals surface area contributed by atoms with Gasteiger partial charge in [-0.3, -0.25) is 15.0 Å². The molecule has 1 atom stereocenters. The van der Waals surface area contributed by atoms with Crippen molar-refractivity contribution < 1.29 is 4.79 Å². The zero-order valence-electron chi connectivity index (χ0n) is 12.7. The van der Waals surface area contributed by atoms with Gasteiger partial charge in [0.05, 0.1) is 11.4 Å². The van der Waals surface area contributed by atoms with Gasteiger partial charge < -0.3 is 0 Å². The van der Waals surface area contributed by atoms with Crippen molar-refractivity contribution in [2.45, 2.75) is 33.2 Å². The van der Waals surface area contributed by atoms with Gasteiger partial charge in [-0.2, -0.15) is 0 Å². The van der Waals surface area contributed by atoms with Crippen LogP contribution in [0.1, 0.15) is 40.8 Å². The number of thiazole rings is 1. The summed E-state index contributed by atoms with van der Waals surface area (Å²) in [5.74, 6) is 0.577. The Morgan fingerprint density at radius 2 is 2.41 bits per heavy atom. The average Bonchev–Trinajstić information content (AvgIpc) is 3.08. The molecule has 1 unspecified atom stereocenters. The van der Waals surface area contributed by atoms with Crippen LogP contribution in [0.15, 0.2) is 5.38 Å². The number of carbonyl (C=O) groups excluding carboxylic acids is 1. The minimum absolute atomic E-state index is 0.181. The molecular weight excluding hydrogens is 318 g/mol. The fraction of sp³-hybridized carbons (Fsp3) is 0.571. The van der Waals surface area contributed by atoms with E-state index in [0.717, 1.165) is 42.8 Å². The third kappa shape index (κ3) is 3.68. The number of amides is 1. The maximum atomic E-state index is 12.1. The summed E-state index contributed by atoms with van der Waals surface area (Å²) in [6.07, 6.45) is 2.57. The van der Waals surface area contributed by atoms with Crippen molar-refractivity contribution in [2.24, 2.45) is 5.92 Å². The van der Waals surface area contributed by atoms with E-state index >= 15 is 0 Å². The van der Waals surface area contributed by atoms with Crippen LogP contribution in [-0.2, 0) is 6.54 Å². The summed E-state index contributed by atoms with van der Waals surface area (Å²) >= 11 is 2.57. The van der Waals surface area contributed by atoms with Gasteiger partial charge in [0.2, 0.25) is 0 Å². The number of rotatable bonds is 4. The predicted octanol–water partition coefficient (Wildman–Crippen LogP) is 2.79. The monoisotopic (exact) mass is 337 g/mol. The quantitative estimate of drug-likeness (QED) is 0.929. The molecule has 0 spiro atoms. The van der Waals surface area contributed by atoms with Crippen LogP contribution in [0.2, 0.25) is 0 Å². The standard InChI is InChI=1S/C14H19N5OS2/c1-9-4-3-5-19(6-9)7-11-8-21-14(15-11)16-13(20)12-10(2)17-18-22-12/h8-9H,3-7H2,1-2H3,(H,15,16,20). The van der Waals surface area contributed by atoms with Gasteiger partial charge in [-0.15, -0.1) is 16.4 Å². The van der Waals surface area contributed by atoms with Crippen molar-refractivity contribution in [3.63, 3.8) is 0 Å². The Morgan fingerprint density at radius 3 is 3.14 bits per heavy atom. The molecule has 2 aromatic heterocycles. The Kier molecular flexibility index (Phi) is 4.80. The molecule has 8 heteroatoms. The Balaban J connectivity index is 1.59. The van der Waals surface area contributed by atoms with Crippen LogP contribution in [0.3, 0.4) is 0 Å². The summed E-state index contributed by atoms with van der Waals surface area (Å²) in [5.41, 5.74) is 1.68. The number of hydrogen-bond acceptors (Lipinski definition) is 7. The number of anilines is 1. The van der Waals surface area contributed by atoms with Crippen LogP contribution >= 0.6 is 22.9 Å². The second-order valence-corrected chi connectivity index (χ2v) is 7.38. The van der Waals surface area contributed by atoms with Crippen LogP contribution in [0.4, 0.5) is 5.13 Å². The van der Waals surface area contributed by atoms with E-state index in [4.69, 9.17) is 0 Å². The summed E-state index contributed by atoms with van der Waals surface area (Å²) in [6.45, 7) is 7.20. The topological polar surface area (TPSA) is 71.0 Å². The van der Waals surface area contributed by atoms with E-state index in [2.05, 4.69) is 31.7 Å². The van der Waals surface area contributed by atoms with Crippen LogP contribution in [0.25, 0.3) is 0 Å². The van der Waals surface area contributed by atoms with Crippen molar-refractivity contribution >= 4 is 33.9 Å². The number of nitrogens with zero attached hydrogens (tertiary/aromatic N) is 4. The van der Waals surface area contributed by atoms with Gasteiger partial charge >= 0.3 is 0 Å². The molecule has 0 bridgehead atoms. The smallest absolute Gasteiger partial charge is 0.271 e. The largest absolute Gasteiger partial charge is 0.297 e. The maximum absolute atomic E-state index is 12.1. The van der Waals surface area contributed by atoms with E-state index < -0.39 is 0 Å². The summed E-state index contributed by atoms with van der Waals surface area (Å²) < 4.78 is 3.78. The fourth-order valence-electron chi connectivity index (χ4n) is 2.69. The second-order valence-electron chi connectivity index (χ2n) is 5.77. The lowest BCUT2D eigenvalue weighted by Gasteiger charge is -2.30. The molecule has 0 radical (unpaired) electrons. The Labute approximate surface area is 137 Å². The molecule has 1 saturated heterocycles. The van der Waals surface area contributed by atoms with Crippen molar-refractivity contribution in [3.05, 3.63) is 21.6 Å². The number of carbonyl (C=O) groups is 1. The number of hydrogen-bond donors (Lipinski definition) is 1. The normalized spacial score (nSPS) is 19.3. The highest BCUT2D eigenvalue weighted by atomic mass is 32.1. The highest BCUT2D eigenvalue weighted by molar-refractivity contribution is 7.14. The van der Waals surface area contributed by atoms with Gasteiger partial charge in [-0.05, 0) is 43.8 Å². The van der Waals surface area contributed by atoms with Crippen LogP contribution in [0, 0.1) is 12.8 Å². The molecule has 0 saturated carbocycles. The van der Waals surface area contributed by atoms with Crippen LogP contribution < -0.4 is 5.32 Å². The van der Waals surface area contributed by atoms with E-state index in [1.54, 1.807) is 6.92 Å². The molecule has 2 aromatic rings. The minimum atomic E-state index is -0.181. The predicted molar refractivity (Wildman–Crippen MR) is 88.4 cm³/mol. The zero-order chi connectivity index (χ0) is 15.5. The molecule has 118 valence electrons. The Bertz CT molecular complexity index is 653. The maximum Gasteiger partial charge on any atom is 0.271 e. The molecule has 6 nitrogen and oxygen atoms in total. The molecule has 1 aliphatic rings. The molecule has 1 amide bonds. The average molecular weight is 337 g/mol. The second kappa shape index (κ2) is 6.80. The van der Waals surface area contributed by atoms with Crippen LogP contribution in [0.5, 0.6) is 0 Å².